The Morgan fingerprint density at radius 2 is 0.811 bits per heavy atom. The Morgan fingerprint density at radius 1 is 0.415 bits per heavy atom. The van der Waals surface area contributed by atoms with E-state index in [0.717, 1.165) is 50.1 Å². The molecule has 7 aromatic carbocycles. The zero-order valence-corrected chi connectivity index (χ0v) is 27.6. The highest BCUT2D eigenvalue weighted by Crippen LogP contribution is 2.44. The van der Waals surface area contributed by atoms with Crippen molar-refractivity contribution in [3.05, 3.63) is 205 Å². The van der Waals surface area contributed by atoms with Gasteiger partial charge in [0, 0.05) is 44.0 Å². The number of hydrogen-bond acceptors (Lipinski definition) is 2. The zero-order valence-electron chi connectivity index (χ0n) is 27.6. The molecule has 0 unspecified atom stereocenters. The van der Waals surface area contributed by atoms with Gasteiger partial charge in [0.15, 0.2) is 0 Å². The number of fused-ring (bicyclic) bond motifs is 6. The Kier molecular flexibility index (Phi) is 8.33. The van der Waals surface area contributed by atoms with Crippen LogP contribution in [-0.4, -0.2) is 14.2 Å². The molecular weight excluding hydrogens is 649 g/mol. The first-order valence-corrected chi connectivity index (χ1v) is 17.2. The molecule has 0 saturated heterocycles. The molecule has 0 aliphatic carbocycles. The maximum atomic E-state index is 13.6. The number of aromatic nitrogens is 2. The standard InChI is InChI=1S/C47H32N2O2.2CH4/c50-47(41-28-29-51-46(41)32-14-2-1-3-15-32,33-16-12-18-35(30-33)48-42-24-8-4-20-37(42)38-21-5-9-25-43(38)48)34-17-13-19-36(31-34)49-44-26-10-6-22-39(44)40-23-7-11-27-45(40)49;;/h1-31,50H;2*1H4. The van der Waals surface area contributed by atoms with E-state index >= 15 is 0 Å². The Morgan fingerprint density at radius 3 is 1.25 bits per heavy atom. The molecule has 0 saturated carbocycles. The average Bonchev–Trinajstić information content (AvgIpc) is 3.92. The number of para-hydroxylation sites is 4. The third kappa shape index (κ3) is 5.10. The summed E-state index contributed by atoms with van der Waals surface area (Å²) < 4.78 is 10.8. The lowest BCUT2D eigenvalue weighted by Crippen LogP contribution is -2.29. The fourth-order valence-corrected chi connectivity index (χ4v) is 8.03. The molecule has 3 aromatic heterocycles. The molecule has 0 amide bonds. The van der Waals surface area contributed by atoms with Gasteiger partial charge in [0.2, 0.25) is 0 Å². The number of furan rings is 1. The van der Waals surface area contributed by atoms with Crippen molar-refractivity contribution in [3.63, 3.8) is 0 Å². The van der Waals surface area contributed by atoms with Crippen LogP contribution in [0.15, 0.2) is 193 Å². The van der Waals surface area contributed by atoms with Gasteiger partial charge in [-0.25, -0.2) is 0 Å². The first kappa shape index (κ1) is 33.5. The van der Waals surface area contributed by atoms with Crippen molar-refractivity contribution in [2.24, 2.45) is 0 Å². The Hall–Kier alpha value is -6.62. The van der Waals surface area contributed by atoms with Gasteiger partial charge in [-0.15, -0.1) is 0 Å². The van der Waals surface area contributed by atoms with E-state index in [4.69, 9.17) is 4.42 Å². The second-order valence-corrected chi connectivity index (χ2v) is 13.1. The van der Waals surface area contributed by atoms with Crippen molar-refractivity contribution in [2.75, 3.05) is 0 Å². The van der Waals surface area contributed by atoms with Crippen LogP contribution >= 0.6 is 0 Å². The topological polar surface area (TPSA) is 43.2 Å². The number of nitrogens with zero attached hydrogens (tertiary/aromatic N) is 2. The second kappa shape index (κ2) is 13.2. The van der Waals surface area contributed by atoms with Crippen LogP contribution in [0.2, 0.25) is 0 Å². The van der Waals surface area contributed by atoms with Crippen molar-refractivity contribution < 1.29 is 9.52 Å². The van der Waals surface area contributed by atoms with Crippen LogP contribution in [-0.2, 0) is 5.60 Å². The van der Waals surface area contributed by atoms with Crippen LogP contribution in [0.5, 0.6) is 0 Å². The molecular formula is C49H40N2O2. The summed E-state index contributed by atoms with van der Waals surface area (Å²) in [6.07, 6.45) is 1.68. The number of aliphatic hydroxyl groups is 1. The smallest absolute Gasteiger partial charge is 0.144 e. The second-order valence-electron chi connectivity index (χ2n) is 13.1. The minimum atomic E-state index is -1.58. The molecule has 0 aliphatic heterocycles. The Balaban J connectivity index is 0.00000200. The lowest BCUT2D eigenvalue weighted by atomic mass is 9.79. The highest BCUT2D eigenvalue weighted by atomic mass is 16.3. The van der Waals surface area contributed by atoms with Crippen LogP contribution < -0.4 is 0 Å². The number of rotatable bonds is 6. The van der Waals surface area contributed by atoms with Crippen molar-refractivity contribution in [1.82, 2.24) is 9.13 Å². The summed E-state index contributed by atoms with van der Waals surface area (Å²) >= 11 is 0. The Labute approximate surface area is 309 Å². The molecule has 0 bridgehead atoms. The number of hydrogen-bond donors (Lipinski definition) is 1. The van der Waals surface area contributed by atoms with Gasteiger partial charge in [0.05, 0.1) is 28.3 Å². The van der Waals surface area contributed by atoms with E-state index in [1.54, 1.807) is 6.26 Å². The molecule has 0 spiro atoms. The molecule has 53 heavy (non-hydrogen) atoms. The summed E-state index contributed by atoms with van der Waals surface area (Å²) in [4.78, 5) is 0. The zero-order chi connectivity index (χ0) is 33.9. The van der Waals surface area contributed by atoms with E-state index in [0.29, 0.717) is 11.3 Å². The summed E-state index contributed by atoms with van der Waals surface area (Å²) in [6, 6.07) is 62.5. The van der Waals surface area contributed by atoms with Gasteiger partial charge < -0.3 is 18.7 Å². The van der Waals surface area contributed by atoms with Crippen LogP contribution in [0.1, 0.15) is 31.5 Å². The first-order valence-electron chi connectivity index (χ1n) is 17.2. The molecule has 4 heteroatoms. The molecule has 10 aromatic rings. The molecule has 10 rings (SSSR count). The largest absolute Gasteiger partial charge is 0.464 e. The van der Waals surface area contributed by atoms with E-state index in [1.165, 1.54) is 21.5 Å². The SMILES string of the molecule is C.C.OC(c1cccc(-n2c3ccccc3c3ccccc32)c1)(c1cccc(-n2c3ccccc3c3ccccc32)c1)c1ccoc1-c1ccccc1. The van der Waals surface area contributed by atoms with Gasteiger partial charge >= 0.3 is 0 Å². The third-order valence-electron chi connectivity index (χ3n) is 10.3. The van der Waals surface area contributed by atoms with Gasteiger partial charge in [-0.05, 0) is 65.7 Å². The van der Waals surface area contributed by atoms with Crippen LogP contribution in [0.25, 0.3) is 66.3 Å². The fraction of sp³-hybridized carbons (Fsp3) is 0.0612. The summed E-state index contributed by atoms with van der Waals surface area (Å²) in [5.74, 6) is 0.627. The molecule has 3 heterocycles. The van der Waals surface area contributed by atoms with E-state index < -0.39 is 5.60 Å². The molecule has 258 valence electrons. The molecule has 0 atom stereocenters. The monoisotopic (exact) mass is 688 g/mol. The van der Waals surface area contributed by atoms with Crippen molar-refractivity contribution in [1.29, 1.82) is 0 Å². The highest BCUT2D eigenvalue weighted by molar-refractivity contribution is 6.10. The third-order valence-corrected chi connectivity index (χ3v) is 10.3. The van der Waals surface area contributed by atoms with E-state index in [2.05, 4.69) is 130 Å². The van der Waals surface area contributed by atoms with Crippen LogP contribution in [0, 0.1) is 0 Å². The molecule has 0 aliphatic rings. The maximum Gasteiger partial charge on any atom is 0.144 e. The van der Waals surface area contributed by atoms with Crippen LogP contribution in [0.3, 0.4) is 0 Å². The van der Waals surface area contributed by atoms with E-state index in [-0.39, 0.29) is 14.9 Å². The minimum absolute atomic E-state index is 0. The van der Waals surface area contributed by atoms with Crippen molar-refractivity contribution in [2.45, 2.75) is 20.5 Å². The van der Waals surface area contributed by atoms with Crippen molar-refractivity contribution in [3.8, 4) is 22.7 Å². The first-order chi connectivity index (χ1) is 25.2. The van der Waals surface area contributed by atoms with Gasteiger partial charge in [-0.3, -0.25) is 0 Å². The molecule has 4 nitrogen and oxygen atoms in total. The summed E-state index contributed by atoms with van der Waals surface area (Å²) in [6.45, 7) is 0. The Bertz CT molecular complexity index is 2630. The molecule has 0 fully saturated rings. The molecule has 1 N–H and O–H groups in total. The fourth-order valence-electron chi connectivity index (χ4n) is 8.03. The lowest BCUT2D eigenvalue weighted by molar-refractivity contribution is 0.125. The van der Waals surface area contributed by atoms with Crippen LogP contribution in [0.4, 0.5) is 0 Å². The van der Waals surface area contributed by atoms with Gasteiger partial charge in [0.25, 0.3) is 0 Å². The minimum Gasteiger partial charge on any atom is -0.464 e. The quantitative estimate of drug-likeness (QED) is 0.189. The van der Waals surface area contributed by atoms with Gasteiger partial charge in [-0.2, -0.15) is 0 Å². The number of benzene rings is 7. The maximum absolute atomic E-state index is 13.6. The van der Waals surface area contributed by atoms with Gasteiger partial charge in [0.1, 0.15) is 11.4 Å². The van der Waals surface area contributed by atoms with E-state index in [1.807, 2.05) is 60.7 Å². The van der Waals surface area contributed by atoms with Crippen molar-refractivity contribution >= 4 is 43.6 Å². The lowest BCUT2D eigenvalue weighted by Gasteiger charge is -2.31. The average molecular weight is 689 g/mol. The summed E-state index contributed by atoms with van der Waals surface area (Å²) in [7, 11) is 0. The molecule has 0 radical (unpaired) electrons. The summed E-state index contributed by atoms with van der Waals surface area (Å²) in [5, 5.41) is 18.3. The predicted molar refractivity (Wildman–Crippen MR) is 221 cm³/mol. The normalized spacial score (nSPS) is 11.6. The van der Waals surface area contributed by atoms with Gasteiger partial charge in [-0.1, -0.05) is 142 Å². The highest BCUT2D eigenvalue weighted by Gasteiger charge is 2.38. The summed E-state index contributed by atoms with van der Waals surface area (Å²) in [5.41, 5.74) is 7.84. The predicted octanol–water partition coefficient (Wildman–Crippen LogP) is 12.7. The van der Waals surface area contributed by atoms with E-state index in [9.17, 15) is 5.11 Å².